The molecule has 1 N–H and O–H groups in total. The lowest BCUT2D eigenvalue weighted by Gasteiger charge is -2.05. The molecule has 27 heavy (non-hydrogen) atoms. The quantitative estimate of drug-likeness (QED) is 0.493. The van der Waals surface area contributed by atoms with E-state index < -0.39 is 0 Å². The van der Waals surface area contributed by atoms with Gasteiger partial charge >= 0.3 is 0 Å². The molecule has 0 aliphatic carbocycles. The molecule has 0 amide bonds. The second-order valence-electron chi connectivity index (χ2n) is 5.96. The van der Waals surface area contributed by atoms with Crippen LogP contribution < -0.4 is 0 Å². The van der Waals surface area contributed by atoms with Crippen molar-refractivity contribution >= 4 is 12.2 Å². The predicted molar refractivity (Wildman–Crippen MR) is 100 cm³/mol. The van der Waals surface area contributed by atoms with E-state index in [1.54, 1.807) is 18.6 Å². The number of rotatable bonds is 7. The van der Waals surface area contributed by atoms with E-state index >= 15 is 0 Å². The SMILES string of the molecule is S=c1[nH]nc(Cc2nc(-c3cnccn3)no2)n1CCCc1ccccc1. The molecule has 0 saturated carbocycles. The summed E-state index contributed by atoms with van der Waals surface area (Å²) in [6.45, 7) is 0.769. The standard InChI is InChI=1S/C18H17N7OS/c27-18-23-22-15(25(18)10-4-7-13-5-2-1-3-6-13)11-16-21-17(24-26-16)14-12-19-8-9-20-14/h1-3,5-6,8-9,12H,4,7,10-11H2,(H,23,27). The summed E-state index contributed by atoms with van der Waals surface area (Å²) in [5.41, 5.74) is 1.87. The molecular formula is C18H17N7OS. The first-order valence-electron chi connectivity index (χ1n) is 8.56. The first-order valence-corrected chi connectivity index (χ1v) is 8.97. The van der Waals surface area contributed by atoms with Crippen molar-refractivity contribution in [3.63, 3.8) is 0 Å². The largest absolute Gasteiger partial charge is 0.338 e. The van der Waals surface area contributed by atoms with Gasteiger partial charge in [-0.1, -0.05) is 35.5 Å². The van der Waals surface area contributed by atoms with E-state index in [0.29, 0.717) is 28.6 Å². The van der Waals surface area contributed by atoms with Gasteiger partial charge in [0.25, 0.3) is 0 Å². The number of H-pyrrole nitrogens is 1. The smallest absolute Gasteiger partial charge is 0.234 e. The number of nitrogens with zero attached hydrogens (tertiary/aromatic N) is 6. The zero-order valence-corrected chi connectivity index (χ0v) is 15.3. The van der Waals surface area contributed by atoms with Gasteiger partial charge in [0.1, 0.15) is 11.5 Å². The van der Waals surface area contributed by atoms with Crippen molar-refractivity contribution in [3.8, 4) is 11.5 Å². The second kappa shape index (κ2) is 8.00. The molecule has 0 atom stereocenters. The molecule has 4 aromatic rings. The minimum Gasteiger partial charge on any atom is -0.338 e. The maximum atomic E-state index is 5.36. The summed E-state index contributed by atoms with van der Waals surface area (Å²) < 4.78 is 7.90. The maximum Gasteiger partial charge on any atom is 0.234 e. The van der Waals surface area contributed by atoms with Crippen molar-refractivity contribution < 1.29 is 4.52 Å². The van der Waals surface area contributed by atoms with Gasteiger partial charge in [0.2, 0.25) is 11.7 Å². The van der Waals surface area contributed by atoms with E-state index in [1.165, 1.54) is 5.56 Å². The van der Waals surface area contributed by atoms with Gasteiger partial charge in [-0.3, -0.25) is 10.1 Å². The van der Waals surface area contributed by atoms with Crippen LogP contribution in [0.4, 0.5) is 0 Å². The lowest BCUT2D eigenvalue weighted by molar-refractivity contribution is 0.381. The van der Waals surface area contributed by atoms with Gasteiger partial charge in [-0.25, -0.2) is 4.98 Å². The molecule has 3 heterocycles. The van der Waals surface area contributed by atoms with Crippen molar-refractivity contribution in [3.05, 3.63) is 71.0 Å². The van der Waals surface area contributed by atoms with Crippen molar-refractivity contribution in [2.75, 3.05) is 0 Å². The predicted octanol–water partition coefficient (Wildman–Crippen LogP) is 3.00. The van der Waals surface area contributed by atoms with Crippen LogP contribution in [0.2, 0.25) is 0 Å². The van der Waals surface area contributed by atoms with E-state index in [9.17, 15) is 0 Å². The highest BCUT2D eigenvalue weighted by Crippen LogP contribution is 2.14. The molecule has 4 rings (SSSR count). The lowest BCUT2D eigenvalue weighted by Crippen LogP contribution is -2.06. The number of aryl methyl sites for hydroxylation is 1. The highest BCUT2D eigenvalue weighted by Gasteiger charge is 2.14. The molecule has 0 fully saturated rings. The summed E-state index contributed by atoms with van der Waals surface area (Å²) in [6.07, 6.45) is 7.10. The lowest BCUT2D eigenvalue weighted by atomic mass is 10.1. The molecule has 8 nitrogen and oxygen atoms in total. The van der Waals surface area contributed by atoms with E-state index in [4.69, 9.17) is 16.7 Å². The van der Waals surface area contributed by atoms with Crippen molar-refractivity contribution in [2.45, 2.75) is 25.8 Å². The molecule has 1 aromatic carbocycles. The Labute approximate surface area is 160 Å². The summed E-state index contributed by atoms with van der Waals surface area (Å²) in [7, 11) is 0. The van der Waals surface area contributed by atoms with Crippen LogP contribution in [0.1, 0.15) is 23.7 Å². The fourth-order valence-electron chi connectivity index (χ4n) is 2.78. The Kier molecular flexibility index (Phi) is 5.10. The number of hydrogen-bond donors (Lipinski definition) is 1. The molecule has 0 aliphatic heterocycles. The molecular weight excluding hydrogens is 362 g/mol. The van der Waals surface area contributed by atoms with E-state index in [-0.39, 0.29) is 0 Å². The van der Waals surface area contributed by atoms with E-state index in [0.717, 1.165) is 25.2 Å². The van der Waals surface area contributed by atoms with Gasteiger partial charge in [0, 0.05) is 18.9 Å². The highest BCUT2D eigenvalue weighted by molar-refractivity contribution is 7.71. The minimum absolute atomic E-state index is 0.395. The van der Waals surface area contributed by atoms with Gasteiger partial charge in [-0.05, 0) is 30.6 Å². The van der Waals surface area contributed by atoms with Crippen molar-refractivity contribution in [2.24, 2.45) is 0 Å². The normalized spacial score (nSPS) is 11.0. The summed E-state index contributed by atoms with van der Waals surface area (Å²) in [5.74, 6) is 1.62. The zero-order valence-electron chi connectivity index (χ0n) is 14.4. The average Bonchev–Trinajstić information content (AvgIpc) is 3.32. The van der Waals surface area contributed by atoms with Crippen LogP contribution in [0.5, 0.6) is 0 Å². The first kappa shape index (κ1) is 17.2. The van der Waals surface area contributed by atoms with E-state index in [2.05, 4.69) is 54.6 Å². The van der Waals surface area contributed by atoms with Crippen LogP contribution in [0.25, 0.3) is 11.5 Å². The molecule has 0 radical (unpaired) electrons. The van der Waals surface area contributed by atoms with Crippen LogP contribution >= 0.6 is 12.2 Å². The molecule has 0 unspecified atom stereocenters. The molecule has 0 saturated heterocycles. The van der Waals surface area contributed by atoms with Crippen LogP contribution in [-0.2, 0) is 19.4 Å². The minimum atomic E-state index is 0.395. The number of aromatic amines is 1. The summed E-state index contributed by atoms with van der Waals surface area (Å²) in [5, 5.41) is 11.1. The van der Waals surface area contributed by atoms with Gasteiger partial charge < -0.3 is 9.09 Å². The third-order valence-corrected chi connectivity index (χ3v) is 4.41. The van der Waals surface area contributed by atoms with Crippen molar-refractivity contribution in [1.82, 2.24) is 34.9 Å². The summed E-state index contributed by atoms with van der Waals surface area (Å²) >= 11 is 5.36. The van der Waals surface area contributed by atoms with E-state index in [1.807, 2.05) is 10.6 Å². The highest BCUT2D eigenvalue weighted by atomic mass is 32.1. The number of benzene rings is 1. The Hall–Kier alpha value is -3.20. The Balaban J connectivity index is 1.44. The summed E-state index contributed by atoms with van der Waals surface area (Å²) in [6, 6.07) is 10.4. The number of nitrogens with one attached hydrogen (secondary N) is 1. The maximum absolute atomic E-state index is 5.36. The van der Waals surface area contributed by atoms with Gasteiger partial charge in [0.15, 0.2) is 4.77 Å². The first-order chi connectivity index (χ1) is 13.3. The van der Waals surface area contributed by atoms with Crippen molar-refractivity contribution in [1.29, 1.82) is 0 Å². The third kappa shape index (κ3) is 4.14. The van der Waals surface area contributed by atoms with Gasteiger partial charge in [0.05, 0.1) is 12.6 Å². The number of hydrogen-bond acceptors (Lipinski definition) is 7. The third-order valence-electron chi connectivity index (χ3n) is 4.10. The van der Waals surface area contributed by atoms with Crippen LogP contribution in [0, 0.1) is 4.77 Å². The van der Waals surface area contributed by atoms with Gasteiger partial charge in [-0.15, -0.1) is 0 Å². The topological polar surface area (TPSA) is 98.3 Å². The van der Waals surface area contributed by atoms with Crippen LogP contribution in [-0.4, -0.2) is 34.9 Å². The molecule has 3 aromatic heterocycles. The summed E-state index contributed by atoms with van der Waals surface area (Å²) in [4.78, 5) is 12.6. The van der Waals surface area contributed by atoms with Gasteiger partial charge in [-0.2, -0.15) is 10.1 Å². The Morgan fingerprint density at radius 3 is 2.85 bits per heavy atom. The Morgan fingerprint density at radius 1 is 1.15 bits per heavy atom. The molecule has 0 spiro atoms. The number of aromatic nitrogens is 7. The fraction of sp³-hybridized carbons (Fsp3) is 0.222. The van der Waals surface area contributed by atoms with Crippen LogP contribution in [0.3, 0.4) is 0 Å². The Bertz CT molecular complexity index is 1060. The monoisotopic (exact) mass is 379 g/mol. The second-order valence-corrected chi connectivity index (χ2v) is 6.35. The molecule has 0 aliphatic rings. The fourth-order valence-corrected chi connectivity index (χ4v) is 3.02. The Morgan fingerprint density at radius 2 is 2.04 bits per heavy atom. The molecule has 0 bridgehead atoms. The molecule has 136 valence electrons. The molecule has 9 heteroatoms. The zero-order chi connectivity index (χ0) is 18.5. The van der Waals surface area contributed by atoms with Crippen LogP contribution in [0.15, 0.2) is 53.4 Å². The average molecular weight is 379 g/mol.